The molecule has 0 aliphatic carbocycles. The van der Waals surface area contributed by atoms with Crippen LogP contribution >= 0.6 is 0 Å². The highest BCUT2D eigenvalue weighted by Gasteiger charge is 2.16. The van der Waals surface area contributed by atoms with Crippen LogP contribution in [0.2, 0.25) is 0 Å². The third kappa shape index (κ3) is 5.19. The molecular formula is C19H25N3O2. The zero-order valence-corrected chi connectivity index (χ0v) is 14.6. The minimum atomic E-state index is -0.542. The molecule has 0 spiro atoms. The van der Waals surface area contributed by atoms with Crippen molar-refractivity contribution in [3.63, 3.8) is 0 Å². The summed E-state index contributed by atoms with van der Waals surface area (Å²) in [6.07, 6.45) is 0.503. The quantitative estimate of drug-likeness (QED) is 0.696. The molecule has 1 amide bonds. The maximum absolute atomic E-state index is 11.9. The average molecular weight is 327 g/mol. The largest absolute Gasteiger partial charge is 0.444 e. The molecular weight excluding hydrogens is 302 g/mol. The van der Waals surface area contributed by atoms with E-state index in [1.807, 2.05) is 32.9 Å². The zero-order chi connectivity index (χ0) is 17.7. The third-order valence-electron chi connectivity index (χ3n) is 3.34. The second-order valence-corrected chi connectivity index (χ2v) is 6.60. The van der Waals surface area contributed by atoms with Gasteiger partial charge in [0.1, 0.15) is 5.60 Å². The number of carbonyl (C=O) groups excluding carboxylic acids is 1. The summed E-state index contributed by atoms with van der Waals surface area (Å²) in [4.78, 5) is 11.9. The molecule has 24 heavy (non-hydrogen) atoms. The van der Waals surface area contributed by atoms with Gasteiger partial charge in [-0.2, -0.15) is 0 Å². The first kappa shape index (κ1) is 17.7. The summed E-state index contributed by atoms with van der Waals surface area (Å²) in [5.74, 6) is 0. The second kappa shape index (κ2) is 7.25. The number of aryl methyl sites for hydroxylation is 1. The molecule has 0 radical (unpaired) electrons. The molecule has 0 saturated carbocycles. The molecule has 0 aliphatic rings. The molecule has 0 fully saturated rings. The summed E-state index contributed by atoms with van der Waals surface area (Å²) in [5, 5.41) is 5.98. The SMILES string of the molecule is CCc1ccc(Nc2cc(NC(=O)OC(C)(C)C)ccc2N)cc1. The van der Waals surface area contributed by atoms with Crippen LogP contribution in [0.3, 0.4) is 0 Å². The van der Waals surface area contributed by atoms with Crippen LogP contribution in [-0.2, 0) is 11.2 Å². The van der Waals surface area contributed by atoms with Crippen molar-refractivity contribution in [2.75, 3.05) is 16.4 Å². The fraction of sp³-hybridized carbons (Fsp3) is 0.316. The van der Waals surface area contributed by atoms with Crippen molar-refractivity contribution in [2.24, 2.45) is 0 Å². The van der Waals surface area contributed by atoms with Gasteiger partial charge in [-0.25, -0.2) is 4.79 Å². The number of carbonyl (C=O) groups is 1. The van der Waals surface area contributed by atoms with Crippen molar-refractivity contribution in [3.8, 4) is 0 Å². The molecule has 5 heteroatoms. The van der Waals surface area contributed by atoms with Crippen LogP contribution in [0, 0.1) is 0 Å². The Balaban J connectivity index is 2.11. The maximum Gasteiger partial charge on any atom is 0.412 e. The highest BCUT2D eigenvalue weighted by molar-refractivity contribution is 5.87. The first-order valence-corrected chi connectivity index (χ1v) is 8.02. The predicted octanol–water partition coefficient (Wildman–Crippen LogP) is 4.92. The number of rotatable bonds is 4. The molecule has 4 N–H and O–H groups in total. The Labute approximate surface area is 143 Å². The van der Waals surface area contributed by atoms with Gasteiger partial charge in [0.15, 0.2) is 0 Å². The van der Waals surface area contributed by atoms with Crippen molar-refractivity contribution in [2.45, 2.75) is 39.7 Å². The number of ether oxygens (including phenoxy) is 1. The van der Waals surface area contributed by atoms with Gasteiger partial charge in [0.2, 0.25) is 0 Å². The second-order valence-electron chi connectivity index (χ2n) is 6.60. The van der Waals surface area contributed by atoms with E-state index in [0.717, 1.165) is 17.8 Å². The van der Waals surface area contributed by atoms with E-state index in [9.17, 15) is 4.79 Å². The van der Waals surface area contributed by atoms with Crippen LogP contribution in [-0.4, -0.2) is 11.7 Å². The molecule has 0 heterocycles. The Kier molecular flexibility index (Phi) is 5.34. The van der Waals surface area contributed by atoms with E-state index in [1.54, 1.807) is 18.2 Å². The molecule has 0 aromatic heterocycles. The van der Waals surface area contributed by atoms with Crippen LogP contribution in [0.5, 0.6) is 0 Å². The Morgan fingerprint density at radius 2 is 1.71 bits per heavy atom. The van der Waals surface area contributed by atoms with Gasteiger partial charge in [-0.05, 0) is 63.1 Å². The topological polar surface area (TPSA) is 76.4 Å². The molecule has 0 bridgehead atoms. The smallest absolute Gasteiger partial charge is 0.412 e. The van der Waals surface area contributed by atoms with Crippen molar-refractivity contribution in [1.82, 2.24) is 0 Å². The maximum atomic E-state index is 11.9. The zero-order valence-electron chi connectivity index (χ0n) is 14.6. The average Bonchev–Trinajstić information content (AvgIpc) is 2.49. The number of anilines is 4. The van der Waals surface area contributed by atoms with E-state index in [-0.39, 0.29) is 0 Å². The van der Waals surface area contributed by atoms with Crippen molar-refractivity contribution in [3.05, 3.63) is 48.0 Å². The number of amides is 1. The Morgan fingerprint density at radius 3 is 2.29 bits per heavy atom. The summed E-state index contributed by atoms with van der Waals surface area (Å²) in [6, 6.07) is 13.4. The normalized spacial score (nSPS) is 11.0. The van der Waals surface area contributed by atoms with Crippen LogP contribution in [0.1, 0.15) is 33.3 Å². The van der Waals surface area contributed by atoms with E-state index in [0.29, 0.717) is 11.4 Å². The van der Waals surface area contributed by atoms with Crippen LogP contribution in [0.25, 0.3) is 0 Å². The van der Waals surface area contributed by atoms with Crippen LogP contribution < -0.4 is 16.4 Å². The van der Waals surface area contributed by atoms with Gasteiger partial charge >= 0.3 is 6.09 Å². The minimum Gasteiger partial charge on any atom is -0.444 e. The van der Waals surface area contributed by atoms with E-state index in [2.05, 4.69) is 29.7 Å². The fourth-order valence-corrected chi connectivity index (χ4v) is 2.14. The summed E-state index contributed by atoms with van der Waals surface area (Å²) < 4.78 is 5.25. The van der Waals surface area contributed by atoms with Gasteiger partial charge in [0.05, 0.1) is 11.4 Å². The number of benzene rings is 2. The van der Waals surface area contributed by atoms with E-state index >= 15 is 0 Å². The molecule has 2 aromatic rings. The minimum absolute atomic E-state index is 0.495. The Bertz CT molecular complexity index is 704. The highest BCUT2D eigenvalue weighted by Crippen LogP contribution is 2.27. The molecule has 5 nitrogen and oxygen atoms in total. The highest BCUT2D eigenvalue weighted by atomic mass is 16.6. The van der Waals surface area contributed by atoms with E-state index in [4.69, 9.17) is 10.5 Å². The van der Waals surface area contributed by atoms with Crippen molar-refractivity contribution < 1.29 is 9.53 Å². The lowest BCUT2D eigenvalue weighted by Gasteiger charge is -2.20. The van der Waals surface area contributed by atoms with Crippen molar-refractivity contribution >= 4 is 28.8 Å². The summed E-state index contributed by atoms with van der Waals surface area (Å²) in [5.41, 5.74) is 9.64. The van der Waals surface area contributed by atoms with E-state index in [1.165, 1.54) is 5.56 Å². The number of nitrogens with two attached hydrogens (primary N) is 1. The monoisotopic (exact) mass is 327 g/mol. The van der Waals surface area contributed by atoms with Crippen LogP contribution in [0.15, 0.2) is 42.5 Å². The number of nitrogens with one attached hydrogen (secondary N) is 2. The Morgan fingerprint density at radius 1 is 1.08 bits per heavy atom. The molecule has 128 valence electrons. The predicted molar refractivity (Wildman–Crippen MR) is 99.8 cm³/mol. The number of nitrogen functional groups attached to an aromatic ring is 1. The van der Waals surface area contributed by atoms with Gasteiger partial charge in [-0.15, -0.1) is 0 Å². The lowest BCUT2D eigenvalue weighted by molar-refractivity contribution is 0.0636. The first-order chi connectivity index (χ1) is 11.3. The van der Waals surface area contributed by atoms with Gasteiger partial charge in [-0.1, -0.05) is 19.1 Å². The summed E-state index contributed by atoms with van der Waals surface area (Å²) >= 11 is 0. The molecule has 2 aromatic carbocycles. The molecule has 2 rings (SSSR count). The lowest BCUT2D eigenvalue weighted by atomic mass is 10.1. The molecule has 0 unspecified atom stereocenters. The Hall–Kier alpha value is -2.69. The molecule has 0 atom stereocenters. The third-order valence-corrected chi connectivity index (χ3v) is 3.34. The summed E-state index contributed by atoms with van der Waals surface area (Å²) in [6.45, 7) is 7.58. The van der Waals surface area contributed by atoms with Crippen molar-refractivity contribution in [1.29, 1.82) is 0 Å². The number of hydrogen-bond acceptors (Lipinski definition) is 4. The first-order valence-electron chi connectivity index (χ1n) is 8.02. The van der Waals surface area contributed by atoms with E-state index < -0.39 is 11.7 Å². The number of hydrogen-bond donors (Lipinski definition) is 3. The van der Waals surface area contributed by atoms with Gasteiger partial charge in [0.25, 0.3) is 0 Å². The lowest BCUT2D eigenvalue weighted by Crippen LogP contribution is -2.27. The molecule has 0 saturated heterocycles. The fourth-order valence-electron chi connectivity index (χ4n) is 2.14. The summed E-state index contributed by atoms with van der Waals surface area (Å²) in [7, 11) is 0. The molecule has 0 aliphatic heterocycles. The standard InChI is InChI=1S/C19H25N3O2/c1-5-13-6-8-14(9-7-13)21-17-12-15(10-11-16(17)20)22-18(23)24-19(2,3)4/h6-12,21H,5,20H2,1-4H3,(H,22,23). The van der Waals surface area contributed by atoms with Crippen LogP contribution in [0.4, 0.5) is 27.5 Å². The van der Waals surface area contributed by atoms with Gasteiger partial charge in [0, 0.05) is 11.4 Å². The van der Waals surface area contributed by atoms with Gasteiger partial charge in [-0.3, -0.25) is 5.32 Å². The van der Waals surface area contributed by atoms with Gasteiger partial charge < -0.3 is 15.8 Å².